The van der Waals surface area contributed by atoms with Gasteiger partial charge in [-0.05, 0) is 37.1 Å². The Balaban J connectivity index is 1.73. The number of halogens is 1. The van der Waals surface area contributed by atoms with Gasteiger partial charge < -0.3 is 15.2 Å². The predicted octanol–water partition coefficient (Wildman–Crippen LogP) is 1.81. The molecule has 4 heterocycles. The molecule has 1 aliphatic heterocycles. The van der Waals surface area contributed by atoms with Crippen molar-refractivity contribution in [1.29, 1.82) is 0 Å². The Hall–Kier alpha value is -2.84. The summed E-state index contributed by atoms with van der Waals surface area (Å²) in [5.41, 5.74) is 1.15. The summed E-state index contributed by atoms with van der Waals surface area (Å²) >= 11 is 0. The van der Waals surface area contributed by atoms with Gasteiger partial charge >= 0.3 is 0 Å². The molecule has 1 fully saturated rings. The van der Waals surface area contributed by atoms with Gasteiger partial charge in [0.2, 0.25) is 11.8 Å². The Morgan fingerprint density at radius 1 is 1.30 bits per heavy atom. The number of ether oxygens (including phenoxy) is 1. The van der Waals surface area contributed by atoms with Gasteiger partial charge in [0.05, 0.1) is 23.4 Å². The maximum Gasteiger partial charge on any atom is 0.288 e. The first kappa shape index (κ1) is 17.6. The Morgan fingerprint density at radius 3 is 2.81 bits per heavy atom. The van der Waals surface area contributed by atoms with E-state index in [1.54, 1.807) is 22.7 Å². The fourth-order valence-corrected chi connectivity index (χ4v) is 3.31. The standard InChI is InChI=1S/C19H19FN4O3/c20-15-5-4-13(11-21-15)16-14-3-1-2-8-24(14)17(22-16)18(26)23-19(12-25)6-9-27-10-7-19/h1-5,8,11,25H,6-7,9-10,12H2,(H,23,26). The minimum atomic E-state index is -0.715. The maximum absolute atomic E-state index is 13.2. The Kier molecular flexibility index (Phi) is 4.59. The molecule has 0 atom stereocenters. The van der Waals surface area contributed by atoms with Crippen LogP contribution in [0.15, 0.2) is 42.7 Å². The van der Waals surface area contributed by atoms with Gasteiger partial charge in [-0.2, -0.15) is 4.39 Å². The molecule has 0 aromatic carbocycles. The highest BCUT2D eigenvalue weighted by atomic mass is 19.1. The Morgan fingerprint density at radius 2 is 2.11 bits per heavy atom. The number of aliphatic hydroxyl groups is 1. The fraction of sp³-hybridized carbons (Fsp3) is 0.316. The van der Waals surface area contributed by atoms with E-state index in [9.17, 15) is 14.3 Å². The molecule has 3 aromatic rings. The topological polar surface area (TPSA) is 88.8 Å². The monoisotopic (exact) mass is 370 g/mol. The third-order valence-corrected chi connectivity index (χ3v) is 4.88. The number of hydrogen-bond acceptors (Lipinski definition) is 5. The second-order valence-corrected chi connectivity index (χ2v) is 6.61. The van der Waals surface area contributed by atoms with Crippen molar-refractivity contribution in [2.24, 2.45) is 0 Å². The number of pyridine rings is 2. The van der Waals surface area contributed by atoms with Crippen molar-refractivity contribution in [3.63, 3.8) is 0 Å². The lowest BCUT2D eigenvalue weighted by Crippen LogP contribution is -2.54. The molecule has 0 radical (unpaired) electrons. The third kappa shape index (κ3) is 3.29. The van der Waals surface area contributed by atoms with Gasteiger partial charge in [-0.1, -0.05) is 6.07 Å². The van der Waals surface area contributed by atoms with Crippen LogP contribution in [0.2, 0.25) is 0 Å². The van der Waals surface area contributed by atoms with Crippen molar-refractivity contribution in [3.8, 4) is 11.3 Å². The van der Waals surface area contributed by atoms with Gasteiger partial charge in [0.1, 0.15) is 0 Å². The van der Waals surface area contributed by atoms with E-state index < -0.39 is 11.5 Å². The minimum Gasteiger partial charge on any atom is -0.394 e. The van der Waals surface area contributed by atoms with Crippen LogP contribution in [-0.2, 0) is 4.74 Å². The van der Waals surface area contributed by atoms with E-state index in [1.807, 2.05) is 12.1 Å². The minimum absolute atomic E-state index is 0.167. The second kappa shape index (κ2) is 7.05. The Labute approximate surface area is 154 Å². The van der Waals surface area contributed by atoms with Gasteiger partial charge in [-0.3, -0.25) is 9.20 Å². The predicted molar refractivity (Wildman–Crippen MR) is 95.7 cm³/mol. The van der Waals surface area contributed by atoms with Crippen molar-refractivity contribution >= 4 is 11.4 Å². The van der Waals surface area contributed by atoms with E-state index in [0.717, 1.165) is 0 Å². The molecule has 0 unspecified atom stereocenters. The van der Waals surface area contributed by atoms with Crippen LogP contribution in [0.1, 0.15) is 23.5 Å². The van der Waals surface area contributed by atoms with E-state index in [2.05, 4.69) is 15.3 Å². The number of nitrogens with one attached hydrogen (secondary N) is 1. The molecule has 8 heteroatoms. The van der Waals surface area contributed by atoms with Crippen LogP contribution in [-0.4, -0.2) is 50.7 Å². The molecule has 1 aliphatic rings. The highest BCUT2D eigenvalue weighted by Crippen LogP contribution is 2.26. The number of hydrogen-bond donors (Lipinski definition) is 2. The van der Waals surface area contributed by atoms with E-state index in [4.69, 9.17) is 4.74 Å². The molecule has 2 N–H and O–H groups in total. The SMILES string of the molecule is O=C(NC1(CO)CCOCC1)c1nc(-c2ccc(F)nc2)c2ccccn12. The number of aromatic nitrogens is 3. The van der Waals surface area contributed by atoms with Crippen molar-refractivity contribution in [2.75, 3.05) is 19.8 Å². The van der Waals surface area contributed by atoms with Gasteiger partial charge in [0.15, 0.2) is 0 Å². The van der Waals surface area contributed by atoms with Gasteiger partial charge in [0, 0.05) is 31.2 Å². The number of amides is 1. The van der Waals surface area contributed by atoms with E-state index in [1.165, 1.54) is 12.3 Å². The smallest absolute Gasteiger partial charge is 0.288 e. The molecular formula is C19H19FN4O3. The zero-order valence-electron chi connectivity index (χ0n) is 14.6. The highest BCUT2D eigenvalue weighted by molar-refractivity contribution is 5.95. The van der Waals surface area contributed by atoms with Crippen LogP contribution in [0, 0.1) is 5.95 Å². The zero-order valence-corrected chi connectivity index (χ0v) is 14.6. The molecule has 1 saturated heterocycles. The molecule has 0 saturated carbocycles. The number of rotatable bonds is 4. The average Bonchev–Trinajstić information content (AvgIpc) is 3.09. The summed E-state index contributed by atoms with van der Waals surface area (Å²) in [7, 11) is 0. The lowest BCUT2D eigenvalue weighted by atomic mass is 9.91. The number of carbonyl (C=O) groups excluding carboxylic acids is 1. The molecule has 0 spiro atoms. The fourth-order valence-electron chi connectivity index (χ4n) is 3.31. The molecule has 0 bridgehead atoms. The van der Waals surface area contributed by atoms with E-state index in [0.29, 0.717) is 42.8 Å². The number of aliphatic hydroxyl groups excluding tert-OH is 1. The lowest BCUT2D eigenvalue weighted by Gasteiger charge is -2.36. The summed E-state index contributed by atoms with van der Waals surface area (Å²) in [5, 5.41) is 12.8. The van der Waals surface area contributed by atoms with Crippen molar-refractivity contribution < 1.29 is 19.0 Å². The first-order valence-electron chi connectivity index (χ1n) is 8.72. The lowest BCUT2D eigenvalue weighted by molar-refractivity contribution is 0.0123. The van der Waals surface area contributed by atoms with Crippen LogP contribution in [0.3, 0.4) is 0 Å². The van der Waals surface area contributed by atoms with Crippen LogP contribution >= 0.6 is 0 Å². The molecule has 3 aromatic heterocycles. The number of imidazole rings is 1. The van der Waals surface area contributed by atoms with Gasteiger partial charge in [0.25, 0.3) is 5.91 Å². The third-order valence-electron chi connectivity index (χ3n) is 4.88. The first-order chi connectivity index (χ1) is 13.1. The number of nitrogens with zero attached hydrogens (tertiary/aromatic N) is 3. The molecule has 27 heavy (non-hydrogen) atoms. The molecule has 7 nitrogen and oxygen atoms in total. The van der Waals surface area contributed by atoms with Crippen LogP contribution in [0.4, 0.5) is 4.39 Å². The van der Waals surface area contributed by atoms with Crippen LogP contribution in [0.5, 0.6) is 0 Å². The number of fused-ring (bicyclic) bond motifs is 1. The summed E-state index contributed by atoms with van der Waals surface area (Å²) in [5.74, 6) is -0.762. The summed E-state index contributed by atoms with van der Waals surface area (Å²) < 4.78 is 20.2. The largest absolute Gasteiger partial charge is 0.394 e. The Bertz CT molecular complexity index is 965. The summed E-state index contributed by atoms with van der Waals surface area (Å²) in [4.78, 5) is 21.1. The molecule has 4 rings (SSSR count). The number of carbonyl (C=O) groups is 1. The van der Waals surface area contributed by atoms with Crippen LogP contribution in [0.25, 0.3) is 16.8 Å². The van der Waals surface area contributed by atoms with E-state index in [-0.39, 0.29) is 18.3 Å². The quantitative estimate of drug-likeness (QED) is 0.684. The highest BCUT2D eigenvalue weighted by Gasteiger charge is 2.35. The normalized spacial score (nSPS) is 16.4. The van der Waals surface area contributed by atoms with E-state index >= 15 is 0 Å². The summed E-state index contributed by atoms with van der Waals surface area (Å²) in [6.07, 6.45) is 4.20. The molecular weight excluding hydrogens is 351 g/mol. The zero-order chi connectivity index (χ0) is 18.9. The van der Waals surface area contributed by atoms with Gasteiger partial charge in [-0.15, -0.1) is 0 Å². The first-order valence-corrected chi connectivity index (χ1v) is 8.72. The molecule has 1 amide bonds. The summed E-state index contributed by atoms with van der Waals surface area (Å²) in [6.45, 7) is 0.797. The maximum atomic E-state index is 13.2. The van der Waals surface area contributed by atoms with Crippen LogP contribution < -0.4 is 5.32 Å². The van der Waals surface area contributed by atoms with Gasteiger partial charge in [-0.25, -0.2) is 9.97 Å². The van der Waals surface area contributed by atoms with Crippen molar-refractivity contribution in [1.82, 2.24) is 19.7 Å². The molecule has 140 valence electrons. The van der Waals surface area contributed by atoms with Crippen molar-refractivity contribution in [2.45, 2.75) is 18.4 Å². The second-order valence-electron chi connectivity index (χ2n) is 6.61. The average molecular weight is 370 g/mol. The van der Waals surface area contributed by atoms with Crippen molar-refractivity contribution in [3.05, 3.63) is 54.5 Å². The molecule has 0 aliphatic carbocycles. The summed E-state index contributed by atoms with van der Waals surface area (Å²) in [6, 6.07) is 8.30.